The van der Waals surface area contributed by atoms with Gasteiger partial charge in [0.05, 0.1) is 0 Å². The molecule has 2 heteroatoms. The normalized spacial score (nSPS) is 27.3. The molecule has 0 aromatic heterocycles. The number of halogens is 1. The van der Waals surface area contributed by atoms with Crippen LogP contribution in [0.5, 0.6) is 0 Å². The Bertz CT molecular complexity index is 171. The molecule has 0 aromatic rings. The summed E-state index contributed by atoms with van der Waals surface area (Å²) in [5.74, 6) is 2.55. The maximum atomic E-state index is 5.55. The topological polar surface area (TPSA) is 12.0 Å². The van der Waals surface area contributed by atoms with Crippen LogP contribution in [0.4, 0.5) is 0 Å². The van der Waals surface area contributed by atoms with Crippen molar-refractivity contribution >= 4 is 11.6 Å². The van der Waals surface area contributed by atoms with E-state index in [0.29, 0.717) is 5.88 Å². The molecule has 15 heavy (non-hydrogen) atoms. The smallest absolute Gasteiger partial charge is 0.0404 e. The zero-order chi connectivity index (χ0) is 10.9. The van der Waals surface area contributed by atoms with Crippen LogP contribution in [0.15, 0.2) is 12.2 Å². The summed E-state index contributed by atoms with van der Waals surface area (Å²) in [7, 11) is 0. The maximum Gasteiger partial charge on any atom is 0.0404 e. The van der Waals surface area contributed by atoms with Crippen molar-refractivity contribution in [3.05, 3.63) is 12.2 Å². The Balaban J connectivity index is 2.01. The van der Waals surface area contributed by atoms with E-state index in [0.717, 1.165) is 18.4 Å². The van der Waals surface area contributed by atoms with Crippen LogP contribution in [0.2, 0.25) is 0 Å². The minimum absolute atomic E-state index is 0.628. The highest BCUT2D eigenvalue weighted by Crippen LogP contribution is 2.29. The van der Waals surface area contributed by atoms with Gasteiger partial charge in [-0.2, -0.15) is 0 Å². The Morgan fingerprint density at radius 3 is 2.40 bits per heavy atom. The van der Waals surface area contributed by atoms with Crippen LogP contribution in [-0.4, -0.2) is 19.0 Å². The lowest BCUT2D eigenvalue weighted by Gasteiger charge is -2.27. The van der Waals surface area contributed by atoms with Gasteiger partial charge in [-0.05, 0) is 31.2 Å². The second-order valence-electron chi connectivity index (χ2n) is 4.58. The summed E-state index contributed by atoms with van der Waals surface area (Å²) in [5.41, 5.74) is 0. The van der Waals surface area contributed by atoms with Gasteiger partial charge in [0.2, 0.25) is 0 Å². The highest BCUT2D eigenvalue weighted by molar-refractivity contribution is 6.18. The van der Waals surface area contributed by atoms with Crippen molar-refractivity contribution in [3.8, 4) is 0 Å². The van der Waals surface area contributed by atoms with Gasteiger partial charge in [-0.25, -0.2) is 0 Å². The van der Waals surface area contributed by atoms with Crippen molar-refractivity contribution in [2.45, 2.75) is 39.0 Å². The first-order valence-electron chi connectivity index (χ1n) is 6.28. The summed E-state index contributed by atoms with van der Waals surface area (Å²) in [4.78, 5) is 0. The predicted molar refractivity (Wildman–Crippen MR) is 68.5 cm³/mol. The van der Waals surface area contributed by atoms with Crippen molar-refractivity contribution in [2.24, 2.45) is 11.8 Å². The van der Waals surface area contributed by atoms with Gasteiger partial charge in [-0.15, -0.1) is 11.6 Å². The number of rotatable bonds is 6. The van der Waals surface area contributed by atoms with Crippen LogP contribution >= 0.6 is 11.6 Å². The first-order valence-corrected chi connectivity index (χ1v) is 6.82. The Hall–Kier alpha value is -0.0100. The van der Waals surface area contributed by atoms with Gasteiger partial charge < -0.3 is 5.32 Å². The molecule has 0 unspecified atom stereocenters. The largest absolute Gasteiger partial charge is 0.313 e. The molecule has 1 fully saturated rings. The Labute approximate surface area is 99.3 Å². The van der Waals surface area contributed by atoms with Crippen molar-refractivity contribution < 1.29 is 0 Å². The molecule has 0 bridgehead atoms. The summed E-state index contributed by atoms with van der Waals surface area (Å²) >= 11 is 5.55. The van der Waals surface area contributed by atoms with Gasteiger partial charge in [0.1, 0.15) is 0 Å². The summed E-state index contributed by atoms with van der Waals surface area (Å²) < 4.78 is 0. The number of hydrogen-bond donors (Lipinski definition) is 1. The SMILES string of the molecule is CCC1CCC(CNC/C=C/CCl)CC1. The number of alkyl halides is 1. The molecule has 0 spiro atoms. The molecule has 1 aliphatic carbocycles. The third-order valence-electron chi connectivity index (χ3n) is 3.49. The highest BCUT2D eigenvalue weighted by atomic mass is 35.5. The fourth-order valence-corrected chi connectivity index (χ4v) is 2.49. The number of hydrogen-bond acceptors (Lipinski definition) is 1. The summed E-state index contributed by atoms with van der Waals surface area (Å²) in [6, 6.07) is 0. The lowest BCUT2D eigenvalue weighted by molar-refractivity contribution is 0.264. The third kappa shape index (κ3) is 5.58. The van der Waals surface area contributed by atoms with E-state index >= 15 is 0 Å². The molecule has 88 valence electrons. The molecule has 0 heterocycles. The molecule has 1 N–H and O–H groups in total. The van der Waals surface area contributed by atoms with Crippen LogP contribution in [-0.2, 0) is 0 Å². The molecule has 0 atom stereocenters. The third-order valence-corrected chi connectivity index (χ3v) is 3.67. The first kappa shape index (κ1) is 13.1. The van der Waals surface area contributed by atoms with Crippen LogP contribution in [0.1, 0.15) is 39.0 Å². The Morgan fingerprint density at radius 1 is 1.13 bits per heavy atom. The molecular weight excluding hydrogens is 206 g/mol. The molecule has 1 rings (SSSR count). The van der Waals surface area contributed by atoms with Crippen molar-refractivity contribution in [1.29, 1.82) is 0 Å². The van der Waals surface area contributed by atoms with Crippen molar-refractivity contribution in [2.75, 3.05) is 19.0 Å². The second-order valence-corrected chi connectivity index (χ2v) is 4.89. The zero-order valence-electron chi connectivity index (χ0n) is 9.84. The van der Waals surface area contributed by atoms with Gasteiger partial charge in [-0.1, -0.05) is 38.3 Å². The predicted octanol–water partition coefficient (Wildman–Crippen LogP) is 3.59. The van der Waals surface area contributed by atoms with E-state index in [1.807, 2.05) is 6.08 Å². The van der Waals surface area contributed by atoms with Gasteiger partial charge in [0.25, 0.3) is 0 Å². The lowest BCUT2D eigenvalue weighted by Crippen LogP contribution is -2.26. The fraction of sp³-hybridized carbons (Fsp3) is 0.846. The van der Waals surface area contributed by atoms with Gasteiger partial charge in [0.15, 0.2) is 0 Å². The monoisotopic (exact) mass is 229 g/mol. The van der Waals surface area contributed by atoms with E-state index in [1.54, 1.807) is 0 Å². The molecule has 0 amide bonds. The lowest BCUT2D eigenvalue weighted by atomic mass is 9.81. The zero-order valence-corrected chi connectivity index (χ0v) is 10.6. The summed E-state index contributed by atoms with van der Waals surface area (Å²) in [5, 5.41) is 3.48. The average Bonchev–Trinajstić information content (AvgIpc) is 2.30. The van der Waals surface area contributed by atoms with E-state index in [2.05, 4.69) is 18.3 Å². The molecular formula is C13H24ClN. The summed E-state index contributed by atoms with van der Waals surface area (Å²) in [6.07, 6.45) is 11.2. The molecule has 0 saturated heterocycles. The van der Waals surface area contributed by atoms with Gasteiger partial charge in [-0.3, -0.25) is 0 Å². The molecule has 0 radical (unpaired) electrons. The number of nitrogens with one attached hydrogen (secondary N) is 1. The van der Waals surface area contributed by atoms with E-state index in [1.165, 1.54) is 38.6 Å². The molecule has 1 aliphatic rings. The fourth-order valence-electron chi connectivity index (χ4n) is 2.36. The maximum absolute atomic E-state index is 5.55. The van der Waals surface area contributed by atoms with Crippen LogP contribution in [0, 0.1) is 11.8 Å². The second kappa shape index (κ2) is 8.18. The average molecular weight is 230 g/mol. The van der Waals surface area contributed by atoms with E-state index in [4.69, 9.17) is 11.6 Å². The van der Waals surface area contributed by atoms with Crippen molar-refractivity contribution in [3.63, 3.8) is 0 Å². The molecule has 0 aromatic carbocycles. The summed E-state index contributed by atoms with van der Waals surface area (Å²) in [6.45, 7) is 4.48. The van der Waals surface area contributed by atoms with Crippen LogP contribution in [0.25, 0.3) is 0 Å². The highest BCUT2D eigenvalue weighted by Gasteiger charge is 2.18. The quantitative estimate of drug-likeness (QED) is 0.417. The van der Waals surface area contributed by atoms with Crippen LogP contribution < -0.4 is 5.32 Å². The minimum Gasteiger partial charge on any atom is -0.313 e. The standard InChI is InChI=1S/C13H24ClN/c1-2-12-5-7-13(8-6-12)11-15-10-4-3-9-14/h3-4,12-13,15H,2,5-11H2,1H3/b4-3+. The minimum atomic E-state index is 0.628. The van der Waals surface area contributed by atoms with E-state index in [9.17, 15) is 0 Å². The number of allylic oxidation sites excluding steroid dienone is 1. The van der Waals surface area contributed by atoms with Gasteiger partial charge in [0, 0.05) is 12.4 Å². The Morgan fingerprint density at radius 2 is 1.80 bits per heavy atom. The van der Waals surface area contributed by atoms with E-state index in [-0.39, 0.29) is 0 Å². The Kier molecular flexibility index (Phi) is 7.12. The molecule has 1 nitrogen and oxygen atoms in total. The molecule has 0 aliphatic heterocycles. The van der Waals surface area contributed by atoms with E-state index < -0.39 is 0 Å². The van der Waals surface area contributed by atoms with Crippen LogP contribution in [0.3, 0.4) is 0 Å². The van der Waals surface area contributed by atoms with Gasteiger partial charge >= 0.3 is 0 Å². The molecule has 1 saturated carbocycles. The first-order chi connectivity index (χ1) is 7.36. The van der Waals surface area contributed by atoms with Crippen molar-refractivity contribution in [1.82, 2.24) is 5.32 Å².